The van der Waals surface area contributed by atoms with E-state index in [1.54, 1.807) is 23.9 Å². The number of imidazole rings is 1. The van der Waals surface area contributed by atoms with Crippen molar-refractivity contribution in [2.75, 3.05) is 25.4 Å². The van der Waals surface area contributed by atoms with Gasteiger partial charge in [-0.25, -0.2) is 9.78 Å². The van der Waals surface area contributed by atoms with Crippen LogP contribution in [-0.2, 0) is 24.9 Å². The summed E-state index contributed by atoms with van der Waals surface area (Å²) in [6.45, 7) is 3.77. The van der Waals surface area contributed by atoms with Crippen LogP contribution >= 0.6 is 0 Å². The van der Waals surface area contributed by atoms with Gasteiger partial charge < -0.3 is 16.0 Å². The summed E-state index contributed by atoms with van der Waals surface area (Å²) in [5.74, 6) is 0.189. The van der Waals surface area contributed by atoms with Crippen molar-refractivity contribution in [1.29, 1.82) is 0 Å². The van der Waals surface area contributed by atoms with Crippen molar-refractivity contribution in [2.45, 2.75) is 39.3 Å². The van der Waals surface area contributed by atoms with Crippen LogP contribution in [0.1, 0.15) is 42.4 Å². The summed E-state index contributed by atoms with van der Waals surface area (Å²) in [7, 11) is 1.81. The molecule has 1 saturated heterocycles. The predicted molar refractivity (Wildman–Crippen MR) is 112 cm³/mol. The molecule has 0 saturated carbocycles. The number of carbonyl (C=O) groups is 2. The number of nitrogens with two attached hydrogens (primary N) is 2. The highest BCUT2D eigenvalue weighted by molar-refractivity contribution is 6.01. The maximum atomic E-state index is 12.9. The second kappa shape index (κ2) is 10.5. The van der Waals surface area contributed by atoms with Crippen LogP contribution in [0.5, 0.6) is 0 Å². The molecular weight excluding hydrogens is 390 g/mol. The van der Waals surface area contributed by atoms with E-state index in [-0.39, 0.29) is 43.2 Å². The molecule has 3 rings (SSSR count). The van der Waals surface area contributed by atoms with Crippen molar-refractivity contribution in [3.05, 3.63) is 44.6 Å². The van der Waals surface area contributed by atoms with Crippen molar-refractivity contribution in [3.8, 4) is 0 Å². The molecule has 1 aliphatic heterocycles. The lowest BCUT2D eigenvalue weighted by Gasteiger charge is -2.26. The summed E-state index contributed by atoms with van der Waals surface area (Å²) >= 11 is 0. The third kappa shape index (κ3) is 5.03. The van der Waals surface area contributed by atoms with Gasteiger partial charge in [-0.2, -0.15) is 0 Å². The van der Waals surface area contributed by atoms with Gasteiger partial charge in [0.15, 0.2) is 5.78 Å². The Morgan fingerprint density at radius 1 is 1.20 bits per heavy atom. The Labute approximate surface area is 173 Å². The molecule has 1 fully saturated rings. The molecule has 0 aromatic carbocycles. The molecule has 0 spiro atoms. The number of nitrogens with zero attached hydrogens (tertiary/aromatic N) is 5. The first-order valence-corrected chi connectivity index (χ1v) is 9.85. The molecule has 1 amide bonds. The average molecular weight is 419 g/mol. The fraction of sp³-hybridized carbons (Fsp3) is 0.526. The Bertz CT molecular complexity index is 999. The van der Waals surface area contributed by atoms with E-state index in [9.17, 15) is 14.4 Å². The van der Waals surface area contributed by atoms with Gasteiger partial charge in [0.05, 0.1) is 13.1 Å². The first-order valence-electron chi connectivity index (χ1n) is 9.85. The summed E-state index contributed by atoms with van der Waals surface area (Å²) in [5, 5.41) is 0. The molecule has 30 heavy (non-hydrogen) atoms. The van der Waals surface area contributed by atoms with Crippen LogP contribution in [0, 0.1) is 0 Å². The second-order valence-corrected chi connectivity index (χ2v) is 7.03. The topological polar surface area (TPSA) is 151 Å². The number of Topliss-reactive ketones (excluding diaryl/α,β-unsaturated/α-hetero) is 1. The standard InChI is InChI=1S/C18H26N6O3.CH3NO/c1-3-23-17(26)15(13(25)11-22-8-5-4-6-9-22)16(19)24(18(23)27)12-14-20-7-10-21(14)2;2-1-3/h7,10H,3-6,8-9,11-12,19H2,1-2H3;1H,(H2,2,3). The van der Waals surface area contributed by atoms with Gasteiger partial charge in [0.25, 0.3) is 5.56 Å². The van der Waals surface area contributed by atoms with Crippen LogP contribution in [0.4, 0.5) is 5.82 Å². The Hall–Kier alpha value is -3.21. The highest BCUT2D eigenvalue weighted by Gasteiger charge is 2.25. The van der Waals surface area contributed by atoms with Crippen LogP contribution in [0.25, 0.3) is 0 Å². The van der Waals surface area contributed by atoms with Crippen LogP contribution in [0.2, 0.25) is 0 Å². The van der Waals surface area contributed by atoms with Gasteiger partial charge in [-0.1, -0.05) is 6.42 Å². The quantitative estimate of drug-likeness (QED) is 0.458. The van der Waals surface area contributed by atoms with E-state index in [2.05, 4.69) is 10.7 Å². The molecule has 0 radical (unpaired) electrons. The van der Waals surface area contributed by atoms with E-state index in [0.29, 0.717) is 5.82 Å². The number of primary amides is 1. The van der Waals surface area contributed by atoms with E-state index in [1.807, 2.05) is 11.9 Å². The minimum absolute atomic E-state index is 0.0836. The van der Waals surface area contributed by atoms with Gasteiger partial charge in [-0.15, -0.1) is 0 Å². The van der Waals surface area contributed by atoms with Crippen LogP contribution in [0.3, 0.4) is 0 Å². The Balaban J connectivity index is 0.00000101. The zero-order valence-electron chi connectivity index (χ0n) is 17.4. The molecule has 4 N–H and O–H groups in total. The lowest BCUT2D eigenvalue weighted by molar-refractivity contribution is -0.106. The van der Waals surface area contributed by atoms with E-state index in [4.69, 9.17) is 10.5 Å². The third-order valence-corrected chi connectivity index (χ3v) is 5.10. The predicted octanol–water partition coefficient (Wildman–Crippen LogP) is -0.836. The lowest BCUT2D eigenvalue weighted by atomic mass is 10.1. The highest BCUT2D eigenvalue weighted by Crippen LogP contribution is 2.12. The first kappa shape index (κ1) is 23.1. The molecule has 164 valence electrons. The summed E-state index contributed by atoms with van der Waals surface area (Å²) in [6, 6.07) is 0. The summed E-state index contributed by atoms with van der Waals surface area (Å²) < 4.78 is 4.09. The number of carbonyl (C=O) groups excluding carboxylic acids is 2. The molecule has 0 aliphatic carbocycles. The van der Waals surface area contributed by atoms with E-state index < -0.39 is 11.2 Å². The van der Waals surface area contributed by atoms with Crippen LogP contribution in [-0.4, -0.2) is 55.4 Å². The normalized spacial score (nSPS) is 14.1. The molecule has 0 bridgehead atoms. The molecule has 11 nitrogen and oxygen atoms in total. The van der Waals surface area contributed by atoms with Gasteiger partial charge in [-0.3, -0.25) is 28.4 Å². The monoisotopic (exact) mass is 419 g/mol. The van der Waals surface area contributed by atoms with Gasteiger partial charge >= 0.3 is 5.69 Å². The number of aryl methyl sites for hydroxylation is 1. The van der Waals surface area contributed by atoms with E-state index >= 15 is 0 Å². The van der Waals surface area contributed by atoms with Crippen molar-refractivity contribution < 1.29 is 9.59 Å². The first-order chi connectivity index (χ1) is 14.3. The smallest absolute Gasteiger partial charge is 0.333 e. The second-order valence-electron chi connectivity index (χ2n) is 7.03. The molecule has 0 atom stereocenters. The minimum atomic E-state index is -0.613. The number of hydrogen-bond acceptors (Lipinski definition) is 7. The number of anilines is 1. The average Bonchev–Trinajstić information content (AvgIpc) is 3.11. The summed E-state index contributed by atoms with van der Waals surface area (Å²) in [5.41, 5.74) is 9.08. The molecule has 11 heteroatoms. The van der Waals surface area contributed by atoms with Crippen molar-refractivity contribution in [1.82, 2.24) is 23.6 Å². The fourth-order valence-electron chi connectivity index (χ4n) is 3.50. The van der Waals surface area contributed by atoms with E-state index in [0.717, 1.165) is 36.9 Å². The summed E-state index contributed by atoms with van der Waals surface area (Å²) in [4.78, 5) is 53.2. The summed E-state index contributed by atoms with van der Waals surface area (Å²) in [6.07, 6.45) is 6.87. The van der Waals surface area contributed by atoms with Crippen molar-refractivity contribution >= 4 is 18.0 Å². The van der Waals surface area contributed by atoms with Crippen molar-refractivity contribution in [2.24, 2.45) is 12.8 Å². The third-order valence-electron chi connectivity index (χ3n) is 5.10. The number of aromatic nitrogens is 4. The SMILES string of the molecule is CCn1c(=O)c(C(=O)CN2CCCCC2)c(N)n(Cc2nccn2C)c1=O.NC=O. The molecule has 2 aromatic rings. The Morgan fingerprint density at radius 3 is 2.37 bits per heavy atom. The van der Waals surface area contributed by atoms with Crippen LogP contribution < -0.4 is 22.7 Å². The zero-order chi connectivity index (χ0) is 22.3. The van der Waals surface area contributed by atoms with Gasteiger partial charge in [0, 0.05) is 26.0 Å². The van der Waals surface area contributed by atoms with Crippen LogP contribution in [0.15, 0.2) is 22.0 Å². The van der Waals surface area contributed by atoms with Gasteiger partial charge in [-0.05, 0) is 32.9 Å². The van der Waals surface area contributed by atoms with Crippen molar-refractivity contribution in [3.63, 3.8) is 0 Å². The maximum Gasteiger partial charge on any atom is 0.333 e. The number of likely N-dealkylation sites (tertiary alicyclic amines) is 1. The number of hydrogen-bond donors (Lipinski definition) is 2. The molecular formula is C19H29N7O4. The number of rotatable bonds is 6. The molecule has 2 aromatic heterocycles. The zero-order valence-corrected chi connectivity index (χ0v) is 17.4. The lowest BCUT2D eigenvalue weighted by Crippen LogP contribution is -2.45. The largest absolute Gasteiger partial charge is 0.384 e. The molecule has 0 unspecified atom stereocenters. The fourth-order valence-corrected chi connectivity index (χ4v) is 3.50. The number of amides is 1. The number of nitrogen functional groups attached to an aromatic ring is 1. The number of piperidine rings is 1. The molecule has 1 aliphatic rings. The number of ketones is 1. The maximum absolute atomic E-state index is 12.9. The van der Waals surface area contributed by atoms with Gasteiger partial charge in [0.1, 0.15) is 17.2 Å². The molecule has 3 heterocycles. The van der Waals surface area contributed by atoms with Gasteiger partial charge in [0.2, 0.25) is 6.41 Å². The Morgan fingerprint density at radius 2 is 1.83 bits per heavy atom. The highest BCUT2D eigenvalue weighted by atomic mass is 16.2. The minimum Gasteiger partial charge on any atom is -0.384 e. The Kier molecular flexibility index (Phi) is 8.10. The van der Waals surface area contributed by atoms with E-state index in [1.165, 1.54) is 4.57 Å².